The summed E-state index contributed by atoms with van der Waals surface area (Å²) >= 11 is 1.81. The summed E-state index contributed by atoms with van der Waals surface area (Å²) in [5, 5.41) is 3.02. The molecule has 0 saturated carbocycles. The fraction of sp³-hybridized carbons (Fsp3) is 0.391. The third kappa shape index (κ3) is 5.76. The summed E-state index contributed by atoms with van der Waals surface area (Å²) in [5.41, 5.74) is 2.57. The van der Waals surface area contributed by atoms with Gasteiger partial charge in [-0.15, -0.1) is 11.8 Å². The average Bonchev–Trinajstić information content (AvgIpc) is 2.69. The molecule has 1 saturated heterocycles. The molecule has 1 aliphatic rings. The first-order valence-corrected chi connectivity index (χ1v) is 10.7. The van der Waals surface area contributed by atoms with Gasteiger partial charge in [0, 0.05) is 47.1 Å². The summed E-state index contributed by atoms with van der Waals surface area (Å²) in [6.45, 7) is 10.7. The topological polar surface area (TPSA) is 52.7 Å². The number of urea groups is 1. The molecule has 6 heteroatoms. The van der Waals surface area contributed by atoms with Crippen LogP contribution in [0.3, 0.4) is 0 Å². The van der Waals surface area contributed by atoms with Gasteiger partial charge in [-0.05, 0) is 42.8 Å². The van der Waals surface area contributed by atoms with Crippen LogP contribution >= 0.6 is 11.8 Å². The smallest absolute Gasteiger partial charge is 0.321 e. The second kappa shape index (κ2) is 8.91. The van der Waals surface area contributed by atoms with Crippen LogP contribution in [-0.2, 0) is 0 Å². The SMILES string of the molecule is Cc1cc(SC(C)(C)C)ccc1NC(=O)N1CCN(C(=O)c2ccccc2)CC1. The maximum atomic E-state index is 12.7. The van der Waals surface area contributed by atoms with Gasteiger partial charge in [-0.2, -0.15) is 0 Å². The van der Waals surface area contributed by atoms with Crippen LogP contribution in [0, 0.1) is 6.92 Å². The van der Waals surface area contributed by atoms with E-state index in [1.165, 1.54) is 4.90 Å². The van der Waals surface area contributed by atoms with Gasteiger partial charge < -0.3 is 15.1 Å². The first-order chi connectivity index (χ1) is 13.7. The molecule has 0 aliphatic carbocycles. The minimum Gasteiger partial charge on any atom is -0.335 e. The number of hydrogen-bond donors (Lipinski definition) is 1. The Morgan fingerprint density at radius 1 is 0.931 bits per heavy atom. The van der Waals surface area contributed by atoms with Crippen LogP contribution in [0.25, 0.3) is 0 Å². The Labute approximate surface area is 177 Å². The van der Waals surface area contributed by atoms with Gasteiger partial charge in [0.1, 0.15) is 0 Å². The van der Waals surface area contributed by atoms with Crippen molar-refractivity contribution in [3.05, 3.63) is 59.7 Å². The van der Waals surface area contributed by atoms with Crippen molar-refractivity contribution in [2.75, 3.05) is 31.5 Å². The highest BCUT2D eigenvalue weighted by Crippen LogP contribution is 2.33. The second-order valence-electron chi connectivity index (χ2n) is 8.27. The van der Waals surface area contributed by atoms with Crippen molar-refractivity contribution < 1.29 is 9.59 Å². The monoisotopic (exact) mass is 411 g/mol. The number of amides is 3. The Morgan fingerprint density at radius 3 is 2.14 bits per heavy atom. The van der Waals surface area contributed by atoms with Gasteiger partial charge in [0.2, 0.25) is 0 Å². The van der Waals surface area contributed by atoms with Gasteiger partial charge in [-0.1, -0.05) is 39.0 Å². The van der Waals surface area contributed by atoms with E-state index in [-0.39, 0.29) is 16.7 Å². The summed E-state index contributed by atoms with van der Waals surface area (Å²) < 4.78 is 0.147. The van der Waals surface area contributed by atoms with Crippen molar-refractivity contribution in [3.8, 4) is 0 Å². The van der Waals surface area contributed by atoms with E-state index < -0.39 is 0 Å². The largest absolute Gasteiger partial charge is 0.335 e. The molecule has 0 bridgehead atoms. The van der Waals surface area contributed by atoms with Crippen LogP contribution in [0.4, 0.5) is 10.5 Å². The van der Waals surface area contributed by atoms with Crippen molar-refractivity contribution in [1.29, 1.82) is 0 Å². The van der Waals surface area contributed by atoms with Gasteiger partial charge in [-0.25, -0.2) is 4.79 Å². The van der Waals surface area contributed by atoms with Crippen LogP contribution in [-0.4, -0.2) is 52.7 Å². The van der Waals surface area contributed by atoms with E-state index in [9.17, 15) is 9.59 Å². The van der Waals surface area contributed by atoms with Crippen LogP contribution in [0.15, 0.2) is 53.4 Å². The number of nitrogens with zero attached hydrogens (tertiary/aromatic N) is 2. The molecule has 2 aromatic rings. The molecule has 0 atom stereocenters. The molecule has 1 N–H and O–H groups in total. The predicted molar refractivity (Wildman–Crippen MR) is 120 cm³/mol. The van der Waals surface area contributed by atoms with E-state index in [0.29, 0.717) is 31.7 Å². The average molecular weight is 412 g/mol. The number of piperazine rings is 1. The number of aryl methyl sites for hydroxylation is 1. The summed E-state index contributed by atoms with van der Waals surface area (Å²) in [7, 11) is 0. The summed E-state index contributed by atoms with van der Waals surface area (Å²) in [5.74, 6) is 0.0217. The predicted octanol–water partition coefficient (Wildman–Crippen LogP) is 4.88. The number of benzene rings is 2. The lowest BCUT2D eigenvalue weighted by atomic mass is 10.2. The summed E-state index contributed by atoms with van der Waals surface area (Å²) in [6, 6.07) is 15.3. The Kier molecular flexibility index (Phi) is 6.52. The number of thioether (sulfide) groups is 1. The van der Waals surface area contributed by atoms with Crippen LogP contribution in [0.5, 0.6) is 0 Å². The highest BCUT2D eigenvalue weighted by molar-refractivity contribution is 8.00. The fourth-order valence-corrected chi connectivity index (χ4v) is 4.34. The van der Waals surface area contributed by atoms with Crippen molar-refractivity contribution in [2.45, 2.75) is 37.3 Å². The normalized spacial score (nSPS) is 14.6. The zero-order valence-electron chi connectivity index (χ0n) is 17.6. The Bertz CT molecular complexity index is 869. The van der Waals surface area contributed by atoms with E-state index in [2.05, 4.69) is 38.2 Å². The van der Waals surface area contributed by atoms with Gasteiger partial charge in [0.15, 0.2) is 0 Å². The van der Waals surface area contributed by atoms with E-state index in [1.807, 2.05) is 60.0 Å². The van der Waals surface area contributed by atoms with Crippen molar-refractivity contribution in [2.24, 2.45) is 0 Å². The van der Waals surface area contributed by atoms with E-state index in [0.717, 1.165) is 11.3 Å². The molecular weight excluding hydrogens is 382 g/mol. The highest BCUT2D eigenvalue weighted by Gasteiger charge is 2.25. The number of hydrogen-bond acceptors (Lipinski definition) is 3. The molecule has 154 valence electrons. The Balaban J connectivity index is 1.55. The summed E-state index contributed by atoms with van der Waals surface area (Å²) in [4.78, 5) is 30.0. The quantitative estimate of drug-likeness (QED) is 0.733. The minimum absolute atomic E-state index is 0.0217. The molecule has 1 heterocycles. The fourth-order valence-electron chi connectivity index (χ4n) is 3.26. The number of carbonyl (C=O) groups excluding carboxylic acids is 2. The molecule has 0 aromatic heterocycles. The zero-order chi connectivity index (χ0) is 21.0. The lowest BCUT2D eigenvalue weighted by Gasteiger charge is -2.34. The molecule has 0 radical (unpaired) electrons. The maximum Gasteiger partial charge on any atom is 0.321 e. The van der Waals surface area contributed by atoms with Crippen LogP contribution in [0.2, 0.25) is 0 Å². The molecule has 1 fully saturated rings. The van der Waals surface area contributed by atoms with Gasteiger partial charge in [0.25, 0.3) is 5.91 Å². The van der Waals surface area contributed by atoms with E-state index in [4.69, 9.17) is 0 Å². The molecule has 1 aliphatic heterocycles. The first-order valence-electron chi connectivity index (χ1n) is 9.93. The first kappa shape index (κ1) is 21.2. The standard InChI is InChI=1S/C23H29N3O2S/c1-17-16-19(29-23(2,3)4)10-11-20(17)24-22(28)26-14-12-25(13-15-26)21(27)18-8-6-5-7-9-18/h5-11,16H,12-15H2,1-4H3,(H,24,28). The van der Waals surface area contributed by atoms with Crippen LogP contribution in [0.1, 0.15) is 36.7 Å². The third-order valence-corrected chi connectivity index (χ3v) is 5.84. The van der Waals surface area contributed by atoms with E-state index >= 15 is 0 Å². The van der Waals surface area contributed by atoms with Crippen molar-refractivity contribution in [3.63, 3.8) is 0 Å². The zero-order valence-corrected chi connectivity index (χ0v) is 18.4. The molecule has 0 unspecified atom stereocenters. The minimum atomic E-state index is -0.115. The van der Waals surface area contributed by atoms with Crippen molar-refractivity contribution in [1.82, 2.24) is 9.80 Å². The van der Waals surface area contributed by atoms with Crippen molar-refractivity contribution >= 4 is 29.4 Å². The molecule has 5 nitrogen and oxygen atoms in total. The molecular formula is C23H29N3O2S. The lowest BCUT2D eigenvalue weighted by molar-refractivity contribution is 0.0671. The van der Waals surface area contributed by atoms with Gasteiger partial charge >= 0.3 is 6.03 Å². The second-order valence-corrected chi connectivity index (χ2v) is 10.2. The van der Waals surface area contributed by atoms with Gasteiger partial charge in [0.05, 0.1) is 0 Å². The Morgan fingerprint density at radius 2 is 1.55 bits per heavy atom. The maximum absolute atomic E-state index is 12.7. The number of rotatable bonds is 3. The number of nitrogens with one attached hydrogen (secondary N) is 1. The Hall–Kier alpha value is -2.47. The van der Waals surface area contributed by atoms with E-state index in [1.54, 1.807) is 4.90 Å². The van der Waals surface area contributed by atoms with Gasteiger partial charge in [-0.3, -0.25) is 4.79 Å². The summed E-state index contributed by atoms with van der Waals surface area (Å²) in [6.07, 6.45) is 0. The molecule has 2 aromatic carbocycles. The van der Waals surface area contributed by atoms with Crippen LogP contribution < -0.4 is 5.32 Å². The molecule has 3 amide bonds. The molecule has 0 spiro atoms. The molecule has 29 heavy (non-hydrogen) atoms. The number of carbonyl (C=O) groups is 2. The number of anilines is 1. The third-order valence-electron chi connectivity index (χ3n) is 4.74. The lowest BCUT2D eigenvalue weighted by Crippen LogP contribution is -2.51. The molecule has 3 rings (SSSR count). The highest BCUT2D eigenvalue weighted by atomic mass is 32.2.